The van der Waals surface area contributed by atoms with Crippen molar-refractivity contribution in [3.63, 3.8) is 0 Å². The number of halogens is 3. The Morgan fingerprint density at radius 1 is 0.825 bits per heavy atom. The lowest BCUT2D eigenvalue weighted by molar-refractivity contribution is -0.151. The van der Waals surface area contributed by atoms with Gasteiger partial charge in [-0.3, -0.25) is 0 Å². The molecule has 210 valence electrons. The molecule has 0 N–H and O–H groups in total. The summed E-state index contributed by atoms with van der Waals surface area (Å²) in [7, 11) is 0. The van der Waals surface area contributed by atoms with Crippen LogP contribution in [0.4, 0.5) is 13.2 Å². The van der Waals surface area contributed by atoms with E-state index in [-0.39, 0.29) is 6.61 Å². The van der Waals surface area contributed by atoms with Crippen LogP contribution in [0, 0.1) is 6.92 Å². The van der Waals surface area contributed by atoms with Crippen LogP contribution < -0.4 is 4.74 Å². The fourth-order valence-corrected chi connectivity index (χ4v) is 4.82. The van der Waals surface area contributed by atoms with Gasteiger partial charge in [-0.2, -0.15) is 13.2 Å². The molecule has 1 aromatic heterocycles. The van der Waals surface area contributed by atoms with E-state index in [4.69, 9.17) is 9.47 Å². The molecule has 0 fully saturated rings. The van der Waals surface area contributed by atoms with Crippen molar-refractivity contribution in [1.82, 2.24) is 4.57 Å². The lowest BCUT2D eigenvalue weighted by atomic mass is 10.0. The molecule has 0 aliphatic rings. The number of esters is 1. The maximum Gasteiger partial charge on any atom is 0.416 e. The Bertz CT molecular complexity index is 1380. The molecule has 4 nitrogen and oxygen atoms in total. The van der Waals surface area contributed by atoms with Gasteiger partial charge in [0.2, 0.25) is 0 Å². The third kappa shape index (κ3) is 7.78. The molecule has 0 aliphatic heterocycles. The molecule has 0 radical (unpaired) electrons. The average molecular weight is 550 g/mol. The van der Waals surface area contributed by atoms with Crippen molar-refractivity contribution in [3.05, 3.63) is 125 Å². The fraction of sp³-hybridized carbons (Fsp3) is 0.303. The first kappa shape index (κ1) is 29.0. The van der Waals surface area contributed by atoms with Crippen molar-refractivity contribution < 1.29 is 27.4 Å². The van der Waals surface area contributed by atoms with Crippen molar-refractivity contribution in [2.45, 2.75) is 58.4 Å². The maximum absolute atomic E-state index is 13.4. The minimum Gasteiger partial charge on any atom is -0.478 e. The van der Waals surface area contributed by atoms with Gasteiger partial charge in [0.25, 0.3) is 0 Å². The number of aromatic nitrogens is 1. The monoisotopic (exact) mass is 549 g/mol. The van der Waals surface area contributed by atoms with Gasteiger partial charge in [-0.1, -0.05) is 60.7 Å². The fourth-order valence-electron chi connectivity index (χ4n) is 4.82. The van der Waals surface area contributed by atoms with E-state index in [0.717, 1.165) is 35.0 Å². The number of aryl methyl sites for hydroxylation is 4. The molecule has 1 atom stereocenters. The summed E-state index contributed by atoms with van der Waals surface area (Å²) in [4.78, 5) is 12.5. The van der Waals surface area contributed by atoms with Gasteiger partial charge < -0.3 is 14.0 Å². The number of rotatable bonds is 12. The summed E-state index contributed by atoms with van der Waals surface area (Å²) in [5.74, 6) is 0.183. The molecule has 0 amide bonds. The van der Waals surface area contributed by atoms with Crippen LogP contribution in [0.15, 0.2) is 91.0 Å². The largest absolute Gasteiger partial charge is 0.478 e. The van der Waals surface area contributed by atoms with Gasteiger partial charge in [0.1, 0.15) is 5.75 Å². The number of hydrogen-bond acceptors (Lipinski definition) is 3. The molecule has 4 rings (SSSR count). The summed E-state index contributed by atoms with van der Waals surface area (Å²) >= 11 is 0. The Morgan fingerprint density at radius 3 is 2.23 bits per heavy atom. The normalized spacial score (nSPS) is 12.2. The molecule has 0 bridgehead atoms. The zero-order chi connectivity index (χ0) is 28.5. The molecule has 0 aliphatic carbocycles. The molecule has 0 saturated carbocycles. The zero-order valence-electron chi connectivity index (χ0n) is 22.8. The first-order chi connectivity index (χ1) is 19.2. The second-order valence-corrected chi connectivity index (χ2v) is 9.71. The van der Waals surface area contributed by atoms with E-state index >= 15 is 0 Å². The molecule has 40 heavy (non-hydrogen) atoms. The molecule has 0 unspecified atom stereocenters. The number of nitrogens with zero attached hydrogens (tertiary/aromatic N) is 1. The molecule has 4 aromatic rings. The summed E-state index contributed by atoms with van der Waals surface area (Å²) in [6.45, 7) is 4.76. The van der Waals surface area contributed by atoms with Crippen LogP contribution in [-0.4, -0.2) is 23.2 Å². The molecule has 0 spiro atoms. The van der Waals surface area contributed by atoms with Crippen molar-refractivity contribution in [1.29, 1.82) is 0 Å². The van der Waals surface area contributed by atoms with Crippen LogP contribution in [0.2, 0.25) is 0 Å². The zero-order valence-corrected chi connectivity index (χ0v) is 22.8. The van der Waals surface area contributed by atoms with E-state index in [2.05, 4.69) is 4.57 Å². The summed E-state index contributed by atoms with van der Waals surface area (Å²) in [6.07, 6.45) is -3.12. The van der Waals surface area contributed by atoms with Gasteiger partial charge in [-0.25, -0.2) is 4.79 Å². The quantitative estimate of drug-likeness (QED) is 0.173. The Hall–Kier alpha value is -4.00. The molecule has 1 heterocycles. The SMILES string of the molecule is CCOC(=O)[C@@H](Cc1ccccc1)Oc1ccc(CCn2c(C)ccc2CCc2ccccc2C(F)(F)F)cc1. The number of benzene rings is 3. The van der Waals surface area contributed by atoms with Gasteiger partial charge in [0, 0.05) is 24.4 Å². The highest BCUT2D eigenvalue weighted by Gasteiger charge is 2.32. The van der Waals surface area contributed by atoms with E-state index in [1.165, 1.54) is 6.07 Å². The van der Waals surface area contributed by atoms with Crippen molar-refractivity contribution in [2.75, 3.05) is 6.61 Å². The van der Waals surface area contributed by atoms with Crippen LogP contribution in [0.25, 0.3) is 0 Å². The minimum atomic E-state index is -4.36. The van der Waals surface area contributed by atoms with Gasteiger partial charge in [0.15, 0.2) is 6.10 Å². The summed E-state index contributed by atoms with van der Waals surface area (Å²) < 4.78 is 53.6. The van der Waals surface area contributed by atoms with E-state index < -0.39 is 23.8 Å². The van der Waals surface area contributed by atoms with Crippen LogP contribution in [0.1, 0.15) is 40.6 Å². The summed E-state index contributed by atoms with van der Waals surface area (Å²) in [5.41, 5.74) is 3.89. The predicted octanol–water partition coefficient (Wildman–Crippen LogP) is 7.40. The number of carbonyl (C=O) groups excluding carboxylic acids is 1. The Labute approximate surface area is 233 Å². The number of alkyl halides is 3. The predicted molar refractivity (Wildman–Crippen MR) is 149 cm³/mol. The van der Waals surface area contributed by atoms with Crippen molar-refractivity contribution >= 4 is 5.97 Å². The van der Waals surface area contributed by atoms with Crippen molar-refractivity contribution in [2.24, 2.45) is 0 Å². The Kier molecular flexibility index (Phi) is 9.70. The lowest BCUT2D eigenvalue weighted by Gasteiger charge is -2.18. The number of ether oxygens (including phenoxy) is 2. The molecule has 7 heteroatoms. The first-order valence-corrected chi connectivity index (χ1v) is 13.5. The van der Waals surface area contributed by atoms with Gasteiger partial charge >= 0.3 is 12.1 Å². The topological polar surface area (TPSA) is 40.5 Å². The maximum atomic E-state index is 13.4. The van der Waals surface area contributed by atoms with Gasteiger partial charge in [-0.15, -0.1) is 0 Å². The molecule has 3 aromatic carbocycles. The van der Waals surface area contributed by atoms with E-state index in [0.29, 0.717) is 37.1 Å². The van der Waals surface area contributed by atoms with Gasteiger partial charge in [0.05, 0.1) is 12.2 Å². The molecular weight excluding hydrogens is 515 g/mol. The molecule has 0 saturated heterocycles. The van der Waals surface area contributed by atoms with E-state index in [9.17, 15) is 18.0 Å². The lowest BCUT2D eigenvalue weighted by Crippen LogP contribution is -2.31. The highest BCUT2D eigenvalue weighted by molar-refractivity contribution is 5.75. The van der Waals surface area contributed by atoms with Crippen molar-refractivity contribution in [3.8, 4) is 5.75 Å². The summed E-state index contributed by atoms with van der Waals surface area (Å²) in [5, 5.41) is 0. The number of carbonyl (C=O) groups is 1. The smallest absolute Gasteiger partial charge is 0.416 e. The van der Waals surface area contributed by atoms with Crippen LogP contribution in [-0.2, 0) is 47.9 Å². The van der Waals surface area contributed by atoms with Crippen LogP contribution >= 0.6 is 0 Å². The minimum absolute atomic E-state index is 0.280. The van der Waals surface area contributed by atoms with E-state index in [1.807, 2.05) is 73.7 Å². The standard InChI is InChI=1S/C33H34F3NO3/c1-3-39-32(38)31(23-26-9-5-4-6-10-26)40-29-19-14-25(15-20-29)21-22-37-24(2)13-17-28(37)18-16-27-11-7-8-12-30(27)33(34,35)36/h4-15,17,19-20,31H,3,16,18,21-23H2,1-2H3/t31-/m1/s1. The number of hydrogen-bond donors (Lipinski definition) is 0. The third-order valence-corrected chi connectivity index (χ3v) is 6.90. The summed E-state index contributed by atoms with van der Waals surface area (Å²) in [6, 6.07) is 27.1. The second-order valence-electron chi connectivity index (χ2n) is 9.71. The van der Waals surface area contributed by atoms with Crippen LogP contribution in [0.5, 0.6) is 5.75 Å². The Morgan fingerprint density at radius 2 is 1.52 bits per heavy atom. The molecular formula is C33H34F3NO3. The third-order valence-electron chi connectivity index (χ3n) is 6.90. The highest BCUT2D eigenvalue weighted by Crippen LogP contribution is 2.32. The average Bonchev–Trinajstić information content (AvgIpc) is 3.30. The Balaban J connectivity index is 1.38. The highest BCUT2D eigenvalue weighted by atomic mass is 19.4. The van der Waals surface area contributed by atoms with E-state index in [1.54, 1.807) is 19.1 Å². The first-order valence-electron chi connectivity index (χ1n) is 13.5. The van der Waals surface area contributed by atoms with Gasteiger partial charge in [-0.05, 0) is 80.1 Å². The second kappa shape index (κ2) is 13.4. The van der Waals surface area contributed by atoms with Crippen LogP contribution in [0.3, 0.4) is 0 Å².